The van der Waals surface area contributed by atoms with Crippen molar-refractivity contribution in [3.05, 3.63) is 0 Å². The van der Waals surface area contributed by atoms with E-state index in [9.17, 15) is 0 Å². The maximum atomic E-state index is 3.56. The summed E-state index contributed by atoms with van der Waals surface area (Å²) in [5.41, 5.74) is 0. The average molecular weight is 186 g/mol. The van der Waals surface area contributed by atoms with Crippen molar-refractivity contribution >= 4 is 11.8 Å². The zero-order chi connectivity index (χ0) is 8.23. The van der Waals surface area contributed by atoms with E-state index in [0.29, 0.717) is 0 Å². The third-order valence-corrected chi connectivity index (χ3v) is 3.69. The molecule has 2 saturated heterocycles. The Morgan fingerprint density at radius 1 is 1.33 bits per heavy atom. The van der Waals surface area contributed by atoms with Gasteiger partial charge in [-0.25, -0.2) is 0 Å². The maximum Gasteiger partial charge on any atom is 0.0195 e. The molecule has 0 bridgehead atoms. The SMILES string of the molecule is C1CN[C@@H](CN2CCSCC2)C1. The molecule has 0 aromatic carbocycles. The van der Waals surface area contributed by atoms with Gasteiger partial charge < -0.3 is 10.2 Å². The lowest BCUT2D eigenvalue weighted by Crippen LogP contribution is -2.41. The summed E-state index contributed by atoms with van der Waals surface area (Å²) in [5.74, 6) is 2.68. The molecule has 1 atom stereocenters. The molecule has 12 heavy (non-hydrogen) atoms. The minimum absolute atomic E-state index is 0.799. The van der Waals surface area contributed by atoms with Gasteiger partial charge in [0.2, 0.25) is 0 Å². The van der Waals surface area contributed by atoms with E-state index in [0.717, 1.165) is 6.04 Å². The smallest absolute Gasteiger partial charge is 0.0195 e. The molecule has 2 heterocycles. The van der Waals surface area contributed by atoms with Gasteiger partial charge >= 0.3 is 0 Å². The molecule has 0 aromatic heterocycles. The minimum Gasteiger partial charge on any atom is -0.313 e. The zero-order valence-electron chi connectivity index (χ0n) is 7.59. The molecule has 2 aliphatic rings. The number of hydrogen-bond donors (Lipinski definition) is 1. The number of nitrogens with zero attached hydrogens (tertiary/aromatic N) is 1. The van der Waals surface area contributed by atoms with Crippen LogP contribution < -0.4 is 5.32 Å². The molecule has 0 saturated carbocycles. The van der Waals surface area contributed by atoms with Crippen LogP contribution in [0.3, 0.4) is 0 Å². The van der Waals surface area contributed by atoms with Crippen LogP contribution in [0, 0.1) is 0 Å². The number of nitrogens with one attached hydrogen (secondary N) is 1. The van der Waals surface area contributed by atoms with Crippen LogP contribution >= 0.6 is 11.8 Å². The van der Waals surface area contributed by atoms with Crippen molar-refractivity contribution in [1.29, 1.82) is 0 Å². The Balaban J connectivity index is 1.69. The molecule has 0 unspecified atom stereocenters. The average Bonchev–Trinajstić information content (AvgIpc) is 2.59. The van der Waals surface area contributed by atoms with Crippen LogP contribution in [0.15, 0.2) is 0 Å². The molecule has 2 aliphatic heterocycles. The van der Waals surface area contributed by atoms with Crippen LogP contribution in [0.2, 0.25) is 0 Å². The number of thioether (sulfide) groups is 1. The Morgan fingerprint density at radius 3 is 2.83 bits per heavy atom. The first-order valence-electron chi connectivity index (χ1n) is 4.98. The van der Waals surface area contributed by atoms with Gasteiger partial charge in [-0.05, 0) is 19.4 Å². The molecular formula is C9H18N2S. The van der Waals surface area contributed by atoms with E-state index in [-0.39, 0.29) is 0 Å². The van der Waals surface area contributed by atoms with Gasteiger partial charge in [0, 0.05) is 37.2 Å². The molecule has 3 heteroatoms. The van der Waals surface area contributed by atoms with E-state index in [1.165, 1.54) is 50.5 Å². The van der Waals surface area contributed by atoms with Crippen LogP contribution in [0.4, 0.5) is 0 Å². The quantitative estimate of drug-likeness (QED) is 0.686. The number of rotatable bonds is 2. The lowest BCUT2D eigenvalue weighted by Gasteiger charge is -2.28. The van der Waals surface area contributed by atoms with Crippen molar-refractivity contribution in [3.63, 3.8) is 0 Å². The van der Waals surface area contributed by atoms with Crippen molar-refractivity contribution in [2.45, 2.75) is 18.9 Å². The second-order valence-corrected chi connectivity index (χ2v) is 4.93. The monoisotopic (exact) mass is 186 g/mol. The minimum atomic E-state index is 0.799. The Labute approximate surface area is 79.1 Å². The highest BCUT2D eigenvalue weighted by Gasteiger charge is 2.18. The Bertz CT molecular complexity index is 128. The highest BCUT2D eigenvalue weighted by Crippen LogP contribution is 2.12. The standard InChI is InChI=1S/C9H18N2S/c1-2-9(10-3-1)8-11-4-6-12-7-5-11/h9-10H,1-8H2/t9-/m1/s1. The summed E-state index contributed by atoms with van der Waals surface area (Å²) in [6, 6.07) is 0.799. The summed E-state index contributed by atoms with van der Waals surface area (Å²) in [7, 11) is 0. The third-order valence-electron chi connectivity index (χ3n) is 2.74. The molecule has 0 spiro atoms. The molecule has 0 aliphatic carbocycles. The second-order valence-electron chi connectivity index (χ2n) is 3.71. The summed E-state index contributed by atoms with van der Waals surface area (Å²) in [6.07, 6.45) is 2.77. The summed E-state index contributed by atoms with van der Waals surface area (Å²) < 4.78 is 0. The lowest BCUT2D eigenvalue weighted by molar-refractivity contribution is 0.273. The van der Waals surface area contributed by atoms with E-state index in [1.54, 1.807) is 0 Å². The van der Waals surface area contributed by atoms with Crippen molar-refractivity contribution in [1.82, 2.24) is 10.2 Å². The van der Waals surface area contributed by atoms with Crippen LogP contribution in [-0.2, 0) is 0 Å². The van der Waals surface area contributed by atoms with Gasteiger partial charge in [-0.15, -0.1) is 0 Å². The molecule has 0 radical (unpaired) electrons. The van der Waals surface area contributed by atoms with Gasteiger partial charge in [-0.3, -0.25) is 0 Å². The second kappa shape index (κ2) is 4.49. The van der Waals surface area contributed by atoms with Gasteiger partial charge in [0.1, 0.15) is 0 Å². The first kappa shape index (κ1) is 8.85. The summed E-state index contributed by atoms with van der Waals surface area (Å²) in [4.78, 5) is 2.61. The number of hydrogen-bond acceptors (Lipinski definition) is 3. The molecule has 70 valence electrons. The molecule has 0 aromatic rings. The van der Waals surface area contributed by atoms with Gasteiger partial charge in [-0.2, -0.15) is 11.8 Å². The molecule has 2 fully saturated rings. The summed E-state index contributed by atoms with van der Waals surface area (Å²) in [6.45, 7) is 5.15. The van der Waals surface area contributed by atoms with Crippen molar-refractivity contribution in [3.8, 4) is 0 Å². The largest absolute Gasteiger partial charge is 0.313 e. The van der Waals surface area contributed by atoms with Gasteiger partial charge in [0.15, 0.2) is 0 Å². The normalized spacial score (nSPS) is 32.5. The Hall–Kier alpha value is 0.270. The third kappa shape index (κ3) is 2.38. The van der Waals surface area contributed by atoms with Crippen LogP contribution in [0.5, 0.6) is 0 Å². The van der Waals surface area contributed by atoms with Crippen LogP contribution in [0.25, 0.3) is 0 Å². The molecule has 2 rings (SSSR count). The fourth-order valence-electron chi connectivity index (χ4n) is 2.01. The molecular weight excluding hydrogens is 168 g/mol. The maximum absolute atomic E-state index is 3.56. The Morgan fingerprint density at radius 2 is 2.17 bits per heavy atom. The summed E-state index contributed by atoms with van der Waals surface area (Å²) in [5, 5.41) is 3.56. The zero-order valence-corrected chi connectivity index (χ0v) is 8.41. The fourth-order valence-corrected chi connectivity index (χ4v) is 2.99. The highest BCUT2D eigenvalue weighted by molar-refractivity contribution is 7.99. The predicted octanol–water partition coefficient (Wildman–Crippen LogP) is 0.787. The van der Waals surface area contributed by atoms with E-state index in [4.69, 9.17) is 0 Å². The predicted molar refractivity (Wildman–Crippen MR) is 54.8 cm³/mol. The molecule has 1 N–H and O–H groups in total. The summed E-state index contributed by atoms with van der Waals surface area (Å²) >= 11 is 2.09. The van der Waals surface area contributed by atoms with Gasteiger partial charge in [-0.1, -0.05) is 0 Å². The molecule has 2 nitrogen and oxygen atoms in total. The topological polar surface area (TPSA) is 15.3 Å². The van der Waals surface area contributed by atoms with E-state index < -0.39 is 0 Å². The Kier molecular flexibility index (Phi) is 3.31. The van der Waals surface area contributed by atoms with Crippen LogP contribution in [-0.4, -0.2) is 48.6 Å². The molecule has 0 amide bonds. The van der Waals surface area contributed by atoms with Crippen molar-refractivity contribution in [2.24, 2.45) is 0 Å². The van der Waals surface area contributed by atoms with Gasteiger partial charge in [0.25, 0.3) is 0 Å². The van der Waals surface area contributed by atoms with E-state index in [2.05, 4.69) is 22.0 Å². The first-order valence-corrected chi connectivity index (χ1v) is 6.14. The van der Waals surface area contributed by atoms with E-state index in [1.807, 2.05) is 0 Å². The highest BCUT2D eigenvalue weighted by atomic mass is 32.2. The van der Waals surface area contributed by atoms with Crippen molar-refractivity contribution < 1.29 is 0 Å². The fraction of sp³-hybridized carbons (Fsp3) is 1.00. The van der Waals surface area contributed by atoms with Crippen LogP contribution in [0.1, 0.15) is 12.8 Å². The van der Waals surface area contributed by atoms with Gasteiger partial charge in [0.05, 0.1) is 0 Å². The first-order chi connectivity index (χ1) is 5.95. The van der Waals surface area contributed by atoms with Crippen molar-refractivity contribution in [2.75, 3.05) is 37.7 Å². The lowest BCUT2D eigenvalue weighted by atomic mass is 10.2. The van der Waals surface area contributed by atoms with E-state index >= 15 is 0 Å².